The molecule has 1 fully saturated rings. The number of hydrogen-bond acceptors (Lipinski definition) is 3. The molecule has 1 aromatic rings. The van der Waals surface area contributed by atoms with Crippen LogP contribution in [0.3, 0.4) is 0 Å². The van der Waals surface area contributed by atoms with Gasteiger partial charge in [-0.2, -0.15) is 0 Å². The van der Waals surface area contributed by atoms with Crippen LogP contribution >= 0.6 is 24.0 Å². The molecule has 0 saturated heterocycles. The average Bonchev–Trinajstić information content (AvgIpc) is 2.83. The van der Waals surface area contributed by atoms with Gasteiger partial charge in [-0.05, 0) is 25.7 Å². The van der Waals surface area contributed by atoms with E-state index in [1.54, 1.807) is 0 Å². The Balaban J connectivity index is 0.00000264. The van der Waals surface area contributed by atoms with E-state index in [0.29, 0.717) is 24.5 Å². The van der Waals surface area contributed by atoms with Crippen LogP contribution in [0.2, 0.25) is 0 Å². The summed E-state index contributed by atoms with van der Waals surface area (Å²) < 4.78 is 5.37. The van der Waals surface area contributed by atoms with Gasteiger partial charge in [0, 0.05) is 18.0 Å². The monoisotopic (exact) mass is 434 g/mol. The lowest BCUT2D eigenvalue weighted by Crippen LogP contribution is -2.39. The van der Waals surface area contributed by atoms with Crippen molar-refractivity contribution in [1.82, 2.24) is 10.5 Å². The molecule has 0 aromatic carbocycles. The molecule has 2 rings (SSSR count). The van der Waals surface area contributed by atoms with Crippen molar-refractivity contribution in [2.24, 2.45) is 10.7 Å². The van der Waals surface area contributed by atoms with Crippen LogP contribution < -0.4 is 11.1 Å². The fourth-order valence-electron chi connectivity index (χ4n) is 3.14. The van der Waals surface area contributed by atoms with Gasteiger partial charge < -0.3 is 15.6 Å². The minimum absolute atomic E-state index is 0. The van der Waals surface area contributed by atoms with E-state index < -0.39 is 0 Å². The smallest absolute Gasteiger partial charge is 0.189 e. The number of aliphatic imine (C=N–C) groups is 1. The number of nitrogens with two attached hydrogens (primary N) is 1. The molecule has 132 valence electrons. The van der Waals surface area contributed by atoms with Crippen molar-refractivity contribution in [2.75, 3.05) is 0 Å². The summed E-state index contributed by atoms with van der Waals surface area (Å²) in [5.41, 5.74) is 7.03. The maximum atomic E-state index is 6.00. The van der Waals surface area contributed by atoms with Gasteiger partial charge in [0.1, 0.15) is 6.54 Å². The number of nitrogens with zero attached hydrogens (tertiary/aromatic N) is 2. The average molecular weight is 434 g/mol. The Kier molecular flexibility index (Phi) is 9.59. The second kappa shape index (κ2) is 10.9. The second-order valence-corrected chi connectivity index (χ2v) is 6.27. The molecule has 1 aliphatic carbocycles. The number of rotatable bonds is 6. The molecule has 0 atom stereocenters. The molecule has 3 N–H and O–H groups in total. The number of nitrogens with one attached hydrogen (secondary N) is 1. The highest BCUT2D eigenvalue weighted by Gasteiger charge is 2.14. The number of guanidine groups is 1. The third-order valence-electron chi connectivity index (χ3n) is 4.59. The Morgan fingerprint density at radius 2 is 1.96 bits per heavy atom. The molecule has 1 saturated carbocycles. The summed E-state index contributed by atoms with van der Waals surface area (Å²) in [7, 11) is 0. The van der Waals surface area contributed by atoms with Crippen molar-refractivity contribution < 1.29 is 4.52 Å². The van der Waals surface area contributed by atoms with Crippen LogP contribution in [0, 0.1) is 0 Å². The normalized spacial score (nSPS) is 16.9. The van der Waals surface area contributed by atoms with Crippen molar-refractivity contribution in [3.8, 4) is 0 Å². The predicted molar refractivity (Wildman–Crippen MR) is 105 cm³/mol. The second-order valence-electron chi connectivity index (χ2n) is 6.27. The van der Waals surface area contributed by atoms with E-state index >= 15 is 0 Å². The first kappa shape index (κ1) is 20.3. The third kappa shape index (κ3) is 6.69. The Bertz CT molecular complexity index is 463. The number of aromatic nitrogens is 1. The van der Waals surface area contributed by atoms with Crippen LogP contribution in [0.25, 0.3) is 0 Å². The highest BCUT2D eigenvalue weighted by molar-refractivity contribution is 14.0. The third-order valence-corrected chi connectivity index (χ3v) is 4.59. The summed E-state index contributed by atoms with van der Waals surface area (Å²) in [5.74, 6) is 1.78. The first-order valence-electron chi connectivity index (χ1n) is 8.74. The molecule has 5 nitrogen and oxygen atoms in total. The molecule has 0 aliphatic heterocycles. The number of halogens is 1. The zero-order chi connectivity index (χ0) is 15.8. The molecular formula is C17H31IN4O. The fourth-order valence-corrected chi connectivity index (χ4v) is 3.14. The van der Waals surface area contributed by atoms with E-state index in [0.717, 1.165) is 24.3 Å². The first-order chi connectivity index (χ1) is 10.7. The van der Waals surface area contributed by atoms with Crippen LogP contribution in [0.1, 0.15) is 82.6 Å². The van der Waals surface area contributed by atoms with Crippen LogP contribution in [0.4, 0.5) is 0 Å². The van der Waals surface area contributed by atoms with E-state index in [2.05, 4.69) is 29.3 Å². The fraction of sp³-hybridized carbons (Fsp3) is 0.765. The lowest BCUT2D eigenvalue weighted by Gasteiger charge is -2.16. The Morgan fingerprint density at radius 1 is 1.30 bits per heavy atom. The van der Waals surface area contributed by atoms with E-state index in [1.165, 1.54) is 38.5 Å². The van der Waals surface area contributed by atoms with Gasteiger partial charge in [0.15, 0.2) is 11.7 Å². The zero-order valence-electron chi connectivity index (χ0n) is 14.4. The molecular weight excluding hydrogens is 403 g/mol. The summed E-state index contributed by atoms with van der Waals surface area (Å²) in [4.78, 5) is 4.39. The Labute approximate surface area is 156 Å². The molecule has 0 amide bonds. The van der Waals surface area contributed by atoms with Crippen LogP contribution in [0.5, 0.6) is 0 Å². The minimum Gasteiger partial charge on any atom is -0.370 e. The SMILES string of the molecule is CCC(CC)c1cc(CN=C(N)NC2CCCCCC2)on1.I. The van der Waals surface area contributed by atoms with Gasteiger partial charge >= 0.3 is 0 Å². The summed E-state index contributed by atoms with van der Waals surface area (Å²) in [6.07, 6.45) is 9.79. The summed E-state index contributed by atoms with van der Waals surface area (Å²) in [6, 6.07) is 2.49. The van der Waals surface area contributed by atoms with Crippen molar-refractivity contribution in [2.45, 2.75) is 83.7 Å². The molecule has 0 spiro atoms. The van der Waals surface area contributed by atoms with Gasteiger partial charge in [-0.25, -0.2) is 4.99 Å². The maximum absolute atomic E-state index is 6.00. The van der Waals surface area contributed by atoms with Gasteiger partial charge in [-0.3, -0.25) is 0 Å². The van der Waals surface area contributed by atoms with Crippen LogP contribution in [-0.4, -0.2) is 17.2 Å². The molecule has 0 bridgehead atoms. The van der Waals surface area contributed by atoms with Gasteiger partial charge in [0.25, 0.3) is 0 Å². The minimum atomic E-state index is 0. The lowest BCUT2D eigenvalue weighted by molar-refractivity contribution is 0.372. The van der Waals surface area contributed by atoms with E-state index in [9.17, 15) is 0 Å². The molecule has 6 heteroatoms. The van der Waals surface area contributed by atoms with Gasteiger partial charge in [-0.15, -0.1) is 24.0 Å². The van der Waals surface area contributed by atoms with E-state index in [-0.39, 0.29) is 24.0 Å². The Hall–Kier alpha value is -0.790. The van der Waals surface area contributed by atoms with Crippen LogP contribution in [0.15, 0.2) is 15.6 Å². The van der Waals surface area contributed by atoms with Gasteiger partial charge in [0.2, 0.25) is 0 Å². The number of hydrogen-bond donors (Lipinski definition) is 2. The molecule has 1 heterocycles. The maximum Gasteiger partial charge on any atom is 0.189 e. The van der Waals surface area contributed by atoms with E-state index in [1.807, 2.05) is 6.07 Å². The summed E-state index contributed by atoms with van der Waals surface area (Å²) in [5, 5.41) is 7.51. The molecule has 23 heavy (non-hydrogen) atoms. The van der Waals surface area contributed by atoms with Crippen molar-refractivity contribution in [3.63, 3.8) is 0 Å². The van der Waals surface area contributed by atoms with Crippen LogP contribution in [-0.2, 0) is 6.54 Å². The highest BCUT2D eigenvalue weighted by atomic mass is 127. The van der Waals surface area contributed by atoms with E-state index in [4.69, 9.17) is 10.3 Å². The van der Waals surface area contributed by atoms with Gasteiger partial charge in [0.05, 0.1) is 5.69 Å². The topological polar surface area (TPSA) is 76.4 Å². The lowest BCUT2D eigenvalue weighted by atomic mass is 9.99. The standard InChI is InChI=1S/C17H30N4O.HI/c1-3-13(4-2)16-11-15(22-21-16)12-19-17(18)20-14-9-7-5-6-8-10-14;/h11,13-14H,3-10,12H2,1-2H3,(H3,18,19,20);1H. The highest BCUT2D eigenvalue weighted by Crippen LogP contribution is 2.22. The van der Waals surface area contributed by atoms with Crippen molar-refractivity contribution >= 4 is 29.9 Å². The summed E-state index contributed by atoms with van der Waals surface area (Å²) >= 11 is 0. The van der Waals surface area contributed by atoms with Crippen molar-refractivity contribution in [3.05, 3.63) is 17.5 Å². The quantitative estimate of drug-likeness (QED) is 0.303. The Morgan fingerprint density at radius 3 is 2.57 bits per heavy atom. The molecule has 1 aromatic heterocycles. The first-order valence-corrected chi connectivity index (χ1v) is 8.74. The summed E-state index contributed by atoms with van der Waals surface area (Å²) in [6.45, 7) is 4.81. The zero-order valence-corrected chi connectivity index (χ0v) is 16.7. The largest absolute Gasteiger partial charge is 0.370 e. The van der Waals surface area contributed by atoms with Gasteiger partial charge in [-0.1, -0.05) is 44.7 Å². The predicted octanol–water partition coefficient (Wildman–Crippen LogP) is 4.32. The molecule has 0 unspecified atom stereocenters. The molecule has 1 aliphatic rings. The molecule has 0 radical (unpaired) electrons. The van der Waals surface area contributed by atoms with Crippen molar-refractivity contribution in [1.29, 1.82) is 0 Å².